The van der Waals surface area contributed by atoms with Crippen LogP contribution in [0.5, 0.6) is 5.75 Å². The molecule has 0 saturated carbocycles. The quantitative estimate of drug-likeness (QED) is 0.416. The predicted octanol–water partition coefficient (Wildman–Crippen LogP) is 1.22. The molecule has 2 N–H and O–H groups in total. The van der Waals surface area contributed by atoms with Crippen molar-refractivity contribution in [2.24, 2.45) is 0 Å². The van der Waals surface area contributed by atoms with Gasteiger partial charge in [-0.1, -0.05) is 30.3 Å². The lowest BCUT2D eigenvalue weighted by atomic mass is 10.1. The summed E-state index contributed by atoms with van der Waals surface area (Å²) in [6, 6.07) is 14.4. The fourth-order valence-electron chi connectivity index (χ4n) is 3.57. The molecule has 1 atom stereocenters. The van der Waals surface area contributed by atoms with Gasteiger partial charge in [0.05, 0.1) is 25.2 Å². The number of nitrogens with one attached hydrogen (secondary N) is 2. The van der Waals surface area contributed by atoms with Crippen LogP contribution in [0.2, 0.25) is 0 Å². The highest BCUT2D eigenvalue weighted by atomic mass is 32.2. The first-order valence-electron chi connectivity index (χ1n) is 10.7. The van der Waals surface area contributed by atoms with Gasteiger partial charge in [0, 0.05) is 13.1 Å². The maximum atomic E-state index is 13.1. The Bertz CT molecular complexity index is 1070. The molecule has 0 radical (unpaired) electrons. The summed E-state index contributed by atoms with van der Waals surface area (Å²) >= 11 is 0. The standard InChI is InChI=1S/C23H29N3O6S/c1-17-15-19(10-11-20(17)31-2)33(29,30)26-13-14-32-21(26)16-25-23(28)22(27)24-12-6-9-18-7-4-3-5-8-18/h3-5,7-8,10-11,15,21H,6,9,12-14,16H2,1-2H3,(H,24,27)(H,25,28)/t21-/m1/s1. The summed E-state index contributed by atoms with van der Waals surface area (Å²) in [7, 11) is -2.33. The normalized spacial score (nSPS) is 16.4. The number of rotatable bonds is 9. The van der Waals surface area contributed by atoms with Crippen LogP contribution >= 0.6 is 0 Å². The zero-order valence-electron chi connectivity index (χ0n) is 18.7. The van der Waals surface area contributed by atoms with Gasteiger partial charge in [0.15, 0.2) is 0 Å². The van der Waals surface area contributed by atoms with Crippen molar-refractivity contribution in [2.75, 3.05) is 33.4 Å². The van der Waals surface area contributed by atoms with Crippen LogP contribution < -0.4 is 15.4 Å². The molecule has 3 rings (SSSR count). The first-order chi connectivity index (χ1) is 15.8. The second-order valence-corrected chi connectivity index (χ2v) is 9.52. The molecule has 0 bridgehead atoms. The molecule has 0 unspecified atom stereocenters. The van der Waals surface area contributed by atoms with Crippen molar-refractivity contribution in [3.63, 3.8) is 0 Å². The van der Waals surface area contributed by atoms with Gasteiger partial charge in [0.25, 0.3) is 0 Å². The van der Waals surface area contributed by atoms with E-state index in [1.165, 1.54) is 23.5 Å². The van der Waals surface area contributed by atoms with E-state index in [0.717, 1.165) is 12.0 Å². The molecule has 2 amide bonds. The Balaban J connectivity index is 1.50. The van der Waals surface area contributed by atoms with E-state index in [1.807, 2.05) is 30.3 Å². The summed E-state index contributed by atoms with van der Waals surface area (Å²) in [6.45, 7) is 2.33. The molecule has 1 aliphatic heterocycles. The number of aryl methyl sites for hydroxylation is 2. The molecule has 10 heteroatoms. The second-order valence-electron chi connectivity index (χ2n) is 7.63. The molecule has 1 heterocycles. The smallest absolute Gasteiger partial charge is 0.309 e. The molecule has 2 aromatic carbocycles. The molecule has 1 saturated heterocycles. The van der Waals surface area contributed by atoms with Gasteiger partial charge in [0.2, 0.25) is 10.0 Å². The Hall–Kier alpha value is -2.95. The lowest BCUT2D eigenvalue weighted by molar-refractivity contribution is -0.139. The van der Waals surface area contributed by atoms with E-state index < -0.39 is 28.1 Å². The van der Waals surface area contributed by atoms with Crippen LogP contribution in [0.3, 0.4) is 0 Å². The third-order valence-corrected chi connectivity index (χ3v) is 7.21. The average molecular weight is 476 g/mol. The van der Waals surface area contributed by atoms with Crippen molar-refractivity contribution in [2.45, 2.75) is 30.9 Å². The minimum Gasteiger partial charge on any atom is -0.496 e. The molecule has 0 aromatic heterocycles. The van der Waals surface area contributed by atoms with Crippen molar-refractivity contribution < 1.29 is 27.5 Å². The second kappa shape index (κ2) is 11.3. The summed E-state index contributed by atoms with van der Waals surface area (Å²) in [6.07, 6.45) is 0.588. The molecule has 1 aliphatic rings. The van der Waals surface area contributed by atoms with Gasteiger partial charge in [-0.15, -0.1) is 0 Å². The first kappa shape index (κ1) is 24.7. The number of ether oxygens (including phenoxy) is 2. The highest BCUT2D eigenvalue weighted by Crippen LogP contribution is 2.26. The van der Waals surface area contributed by atoms with Crippen molar-refractivity contribution in [3.05, 3.63) is 59.7 Å². The Kier molecular flexibility index (Phi) is 8.43. The van der Waals surface area contributed by atoms with E-state index in [1.54, 1.807) is 13.0 Å². The summed E-state index contributed by atoms with van der Waals surface area (Å²) in [5.41, 5.74) is 1.84. The molecule has 0 aliphatic carbocycles. The van der Waals surface area contributed by atoms with Crippen molar-refractivity contribution >= 4 is 21.8 Å². The lowest BCUT2D eigenvalue weighted by Gasteiger charge is -2.23. The molecular formula is C23H29N3O6S. The third kappa shape index (κ3) is 6.31. The Labute approximate surface area is 194 Å². The van der Waals surface area contributed by atoms with Gasteiger partial charge in [-0.25, -0.2) is 8.42 Å². The van der Waals surface area contributed by atoms with Crippen LogP contribution in [0.15, 0.2) is 53.4 Å². The molecular weight excluding hydrogens is 446 g/mol. The maximum absolute atomic E-state index is 13.1. The SMILES string of the molecule is COc1ccc(S(=O)(=O)N2CCO[C@@H]2CNC(=O)C(=O)NCCCc2ccccc2)cc1C. The van der Waals surface area contributed by atoms with Crippen LogP contribution in [0.4, 0.5) is 0 Å². The van der Waals surface area contributed by atoms with Crippen molar-refractivity contribution in [3.8, 4) is 5.75 Å². The third-order valence-electron chi connectivity index (χ3n) is 5.33. The largest absolute Gasteiger partial charge is 0.496 e. The molecule has 33 heavy (non-hydrogen) atoms. The fourth-order valence-corrected chi connectivity index (χ4v) is 5.16. The zero-order valence-corrected chi connectivity index (χ0v) is 19.6. The van der Waals surface area contributed by atoms with E-state index in [0.29, 0.717) is 24.3 Å². The average Bonchev–Trinajstić information content (AvgIpc) is 3.30. The number of methoxy groups -OCH3 is 1. The number of amides is 2. The van der Waals surface area contributed by atoms with Crippen molar-refractivity contribution in [1.82, 2.24) is 14.9 Å². The highest BCUT2D eigenvalue weighted by molar-refractivity contribution is 7.89. The van der Waals surface area contributed by atoms with Gasteiger partial charge < -0.3 is 20.1 Å². The molecule has 0 spiro atoms. The van der Waals surface area contributed by atoms with Crippen LogP contribution in [-0.2, 0) is 30.8 Å². The highest BCUT2D eigenvalue weighted by Gasteiger charge is 2.37. The molecule has 1 fully saturated rings. The van der Waals surface area contributed by atoms with Gasteiger partial charge >= 0.3 is 11.8 Å². The van der Waals surface area contributed by atoms with E-state index in [4.69, 9.17) is 9.47 Å². The van der Waals surface area contributed by atoms with Gasteiger partial charge in [-0.05, 0) is 49.1 Å². The number of nitrogens with zero attached hydrogens (tertiary/aromatic N) is 1. The molecule has 9 nitrogen and oxygen atoms in total. The monoisotopic (exact) mass is 475 g/mol. The number of hydrogen-bond acceptors (Lipinski definition) is 6. The van der Waals surface area contributed by atoms with Crippen LogP contribution in [0.25, 0.3) is 0 Å². The minimum absolute atomic E-state index is 0.110. The Morgan fingerprint density at radius 1 is 1.12 bits per heavy atom. The number of hydrogen-bond donors (Lipinski definition) is 2. The Morgan fingerprint density at radius 2 is 1.85 bits per heavy atom. The van der Waals surface area contributed by atoms with E-state index in [9.17, 15) is 18.0 Å². The molecule has 178 valence electrons. The fraction of sp³-hybridized carbons (Fsp3) is 0.391. The topological polar surface area (TPSA) is 114 Å². The summed E-state index contributed by atoms with van der Waals surface area (Å²) < 4.78 is 38.0. The van der Waals surface area contributed by atoms with Crippen LogP contribution in [-0.4, -0.2) is 64.1 Å². The number of benzene rings is 2. The zero-order chi connectivity index (χ0) is 23.8. The van der Waals surface area contributed by atoms with Gasteiger partial charge in [0.1, 0.15) is 12.0 Å². The van der Waals surface area contributed by atoms with E-state index in [-0.39, 0.29) is 24.6 Å². The van der Waals surface area contributed by atoms with Crippen LogP contribution in [0.1, 0.15) is 17.5 Å². The van der Waals surface area contributed by atoms with Gasteiger partial charge in [-0.3, -0.25) is 9.59 Å². The van der Waals surface area contributed by atoms with Gasteiger partial charge in [-0.2, -0.15) is 4.31 Å². The summed E-state index contributed by atoms with van der Waals surface area (Å²) in [5.74, 6) is -1.01. The number of sulfonamides is 1. The lowest BCUT2D eigenvalue weighted by Crippen LogP contribution is -2.47. The van der Waals surface area contributed by atoms with E-state index >= 15 is 0 Å². The van der Waals surface area contributed by atoms with Crippen LogP contribution in [0, 0.1) is 6.92 Å². The summed E-state index contributed by atoms with van der Waals surface area (Å²) in [4.78, 5) is 24.3. The Morgan fingerprint density at radius 3 is 2.55 bits per heavy atom. The number of carbonyl (C=O) groups is 2. The molecule has 2 aromatic rings. The summed E-state index contributed by atoms with van der Waals surface area (Å²) in [5, 5.41) is 5.04. The predicted molar refractivity (Wildman–Crippen MR) is 122 cm³/mol. The first-order valence-corrected chi connectivity index (χ1v) is 12.1. The van der Waals surface area contributed by atoms with E-state index in [2.05, 4.69) is 10.6 Å². The maximum Gasteiger partial charge on any atom is 0.309 e. The van der Waals surface area contributed by atoms with Crippen molar-refractivity contribution in [1.29, 1.82) is 0 Å². The minimum atomic E-state index is -3.85. The number of carbonyl (C=O) groups excluding carboxylic acids is 2.